The molecule has 0 saturated carbocycles. The summed E-state index contributed by atoms with van der Waals surface area (Å²) in [5.74, 6) is -0.856. The van der Waals surface area contributed by atoms with Crippen molar-refractivity contribution in [2.45, 2.75) is 38.5 Å². The molecule has 0 rings (SSSR count). The summed E-state index contributed by atoms with van der Waals surface area (Å²) in [5.41, 5.74) is 0. The van der Waals surface area contributed by atoms with Gasteiger partial charge in [-0.3, -0.25) is 14.4 Å². The molecular weight excluding hydrogens is 212 g/mol. The molecule has 0 N–H and O–H groups in total. The van der Waals surface area contributed by atoms with E-state index >= 15 is 0 Å². The van der Waals surface area contributed by atoms with Crippen LogP contribution in [0.4, 0.5) is 0 Å². The van der Waals surface area contributed by atoms with E-state index in [9.17, 15) is 14.4 Å². The molecule has 0 unspecified atom stereocenters. The molecule has 0 aliphatic carbocycles. The Labute approximate surface area is 95.1 Å². The Morgan fingerprint density at radius 3 is 1.94 bits per heavy atom. The van der Waals surface area contributed by atoms with Crippen molar-refractivity contribution in [3.8, 4) is 0 Å². The minimum Gasteiger partial charge on any atom is -0.469 e. The number of hydrogen-bond acceptors (Lipinski definition) is 5. The van der Waals surface area contributed by atoms with E-state index in [0.29, 0.717) is 25.7 Å². The van der Waals surface area contributed by atoms with Gasteiger partial charge >= 0.3 is 11.9 Å². The highest BCUT2D eigenvalue weighted by atomic mass is 16.5. The number of ketones is 1. The van der Waals surface area contributed by atoms with Crippen molar-refractivity contribution in [2.24, 2.45) is 0 Å². The van der Waals surface area contributed by atoms with Crippen LogP contribution in [-0.4, -0.2) is 31.9 Å². The summed E-state index contributed by atoms with van der Waals surface area (Å²) in [7, 11) is 2.61. The molecule has 0 fully saturated rings. The standard InChI is InChI=1S/C11H18O5/c1-15-10(13)7-5-3-4-6-9(12)8-11(14)16-2/h3-8H2,1-2H3. The molecule has 0 heterocycles. The third-order valence-corrected chi connectivity index (χ3v) is 2.13. The highest BCUT2D eigenvalue weighted by molar-refractivity contribution is 5.95. The number of unbranched alkanes of at least 4 members (excludes halogenated alkanes) is 2. The van der Waals surface area contributed by atoms with Gasteiger partial charge in [0.25, 0.3) is 0 Å². The lowest BCUT2D eigenvalue weighted by Crippen LogP contribution is -2.08. The van der Waals surface area contributed by atoms with E-state index in [1.165, 1.54) is 14.2 Å². The van der Waals surface area contributed by atoms with Crippen LogP contribution in [0.15, 0.2) is 0 Å². The summed E-state index contributed by atoms with van der Waals surface area (Å²) in [5, 5.41) is 0. The van der Waals surface area contributed by atoms with Gasteiger partial charge in [0.1, 0.15) is 12.2 Å². The number of ether oxygens (including phenoxy) is 2. The number of methoxy groups -OCH3 is 2. The summed E-state index contributed by atoms with van der Waals surface area (Å²) in [6.45, 7) is 0. The number of rotatable bonds is 8. The molecule has 0 aromatic rings. The lowest BCUT2D eigenvalue weighted by molar-refractivity contribution is -0.143. The molecular formula is C11H18O5. The third-order valence-electron chi connectivity index (χ3n) is 2.13. The SMILES string of the molecule is COC(=O)CCCCCC(=O)CC(=O)OC. The molecule has 0 spiro atoms. The number of Topliss-reactive ketones (excluding diaryl/α,β-unsaturated/α-hetero) is 1. The molecule has 0 aromatic heterocycles. The first-order valence-corrected chi connectivity index (χ1v) is 5.25. The normalized spacial score (nSPS) is 9.62. The highest BCUT2D eigenvalue weighted by Crippen LogP contribution is 2.05. The summed E-state index contributed by atoms with van der Waals surface area (Å²) in [6.07, 6.45) is 2.75. The molecule has 0 bridgehead atoms. The predicted octanol–water partition coefficient (Wildman–Crippen LogP) is 1.24. The summed E-state index contributed by atoms with van der Waals surface area (Å²) < 4.78 is 8.85. The fraction of sp³-hybridized carbons (Fsp3) is 0.727. The van der Waals surface area contributed by atoms with Crippen LogP contribution in [0.3, 0.4) is 0 Å². The van der Waals surface area contributed by atoms with E-state index in [2.05, 4.69) is 9.47 Å². The molecule has 0 radical (unpaired) electrons. The maximum Gasteiger partial charge on any atom is 0.313 e. The van der Waals surface area contributed by atoms with Crippen molar-refractivity contribution in [3.63, 3.8) is 0 Å². The minimum absolute atomic E-state index is 0.120. The van der Waals surface area contributed by atoms with Gasteiger partial charge in [-0.15, -0.1) is 0 Å². The van der Waals surface area contributed by atoms with Gasteiger partial charge in [-0.2, -0.15) is 0 Å². The maximum atomic E-state index is 11.2. The number of esters is 2. The minimum atomic E-state index is -0.500. The molecule has 0 amide bonds. The topological polar surface area (TPSA) is 69.7 Å². The van der Waals surface area contributed by atoms with Gasteiger partial charge in [0, 0.05) is 12.8 Å². The highest BCUT2D eigenvalue weighted by Gasteiger charge is 2.08. The Hall–Kier alpha value is -1.39. The summed E-state index contributed by atoms with van der Waals surface area (Å²) in [6, 6.07) is 0. The van der Waals surface area contributed by atoms with E-state index < -0.39 is 5.97 Å². The quantitative estimate of drug-likeness (QED) is 0.356. The lowest BCUT2D eigenvalue weighted by Gasteiger charge is -2.00. The van der Waals surface area contributed by atoms with Crippen molar-refractivity contribution in [2.75, 3.05) is 14.2 Å². The zero-order chi connectivity index (χ0) is 12.4. The Balaban J connectivity index is 3.41. The smallest absolute Gasteiger partial charge is 0.313 e. The average molecular weight is 230 g/mol. The van der Waals surface area contributed by atoms with Gasteiger partial charge in [0.2, 0.25) is 0 Å². The van der Waals surface area contributed by atoms with E-state index in [1.807, 2.05) is 0 Å². The Morgan fingerprint density at radius 1 is 0.812 bits per heavy atom. The first-order valence-electron chi connectivity index (χ1n) is 5.25. The lowest BCUT2D eigenvalue weighted by atomic mass is 10.1. The largest absolute Gasteiger partial charge is 0.469 e. The molecule has 0 saturated heterocycles. The molecule has 0 aromatic carbocycles. The first-order chi connectivity index (χ1) is 7.60. The molecule has 0 aliphatic rings. The fourth-order valence-electron chi connectivity index (χ4n) is 1.19. The van der Waals surface area contributed by atoms with Gasteiger partial charge in [-0.25, -0.2) is 0 Å². The van der Waals surface area contributed by atoms with Crippen LogP contribution in [0.25, 0.3) is 0 Å². The van der Waals surface area contributed by atoms with Crippen LogP contribution in [-0.2, 0) is 23.9 Å². The summed E-state index contributed by atoms with van der Waals surface area (Å²) in [4.78, 5) is 32.7. The Kier molecular flexibility index (Phi) is 8.11. The predicted molar refractivity (Wildman–Crippen MR) is 56.7 cm³/mol. The van der Waals surface area contributed by atoms with Gasteiger partial charge < -0.3 is 9.47 Å². The number of carbonyl (C=O) groups is 3. The van der Waals surface area contributed by atoms with Crippen LogP contribution >= 0.6 is 0 Å². The van der Waals surface area contributed by atoms with Crippen molar-refractivity contribution in [1.82, 2.24) is 0 Å². The molecule has 5 heteroatoms. The van der Waals surface area contributed by atoms with E-state index in [-0.39, 0.29) is 18.2 Å². The monoisotopic (exact) mass is 230 g/mol. The van der Waals surface area contributed by atoms with Crippen LogP contribution in [0.5, 0.6) is 0 Å². The van der Waals surface area contributed by atoms with Crippen LogP contribution in [0.1, 0.15) is 38.5 Å². The van der Waals surface area contributed by atoms with Crippen LogP contribution in [0.2, 0.25) is 0 Å². The Morgan fingerprint density at radius 2 is 1.38 bits per heavy atom. The second kappa shape index (κ2) is 8.88. The molecule has 92 valence electrons. The van der Waals surface area contributed by atoms with Crippen molar-refractivity contribution < 1.29 is 23.9 Å². The van der Waals surface area contributed by atoms with Gasteiger partial charge in [-0.05, 0) is 12.8 Å². The molecule has 16 heavy (non-hydrogen) atoms. The third kappa shape index (κ3) is 7.96. The zero-order valence-corrected chi connectivity index (χ0v) is 9.78. The van der Waals surface area contributed by atoms with Crippen molar-refractivity contribution in [1.29, 1.82) is 0 Å². The molecule has 0 aliphatic heterocycles. The second-order valence-corrected chi connectivity index (χ2v) is 3.43. The van der Waals surface area contributed by atoms with Crippen molar-refractivity contribution in [3.05, 3.63) is 0 Å². The van der Waals surface area contributed by atoms with Gasteiger partial charge in [-0.1, -0.05) is 6.42 Å². The van der Waals surface area contributed by atoms with E-state index in [0.717, 1.165) is 6.42 Å². The average Bonchev–Trinajstić information content (AvgIpc) is 2.27. The second-order valence-electron chi connectivity index (χ2n) is 3.43. The van der Waals surface area contributed by atoms with E-state index in [4.69, 9.17) is 0 Å². The van der Waals surface area contributed by atoms with E-state index in [1.54, 1.807) is 0 Å². The van der Waals surface area contributed by atoms with Gasteiger partial charge in [0.05, 0.1) is 14.2 Å². The molecule has 0 atom stereocenters. The fourth-order valence-corrected chi connectivity index (χ4v) is 1.19. The zero-order valence-electron chi connectivity index (χ0n) is 9.78. The van der Waals surface area contributed by atoms with Gasteiger partial charge in [0.15, 0.2) is 0 Å². The first kappa shape index (κ1) is 14.6. The van der Waals surface area contributed by atoms with Crippen molar-refractivity contribution >= 4 is 17.7 Å². The maximum absolute atomic E-state index is 11.2. The summed E-state index contributed by atoms with van der Waals surface area (Å²) >= 11 is 0. The number of hydrogen-bond donors (Lipinski definition) is 0. The van der Waals surface area contributed by atoms with Crippen LogP contribution in [0, 0.1) is 0 Å². The number of carbonyl (C=O) groups excluding carboxylic acids is 3. The Bertz CT molecular complexity index is 247. The molecule has 5 nitrogen and oxygen atoms in total. The van der Waals surface area contributed by atoms with Crippen LogP contribution < -0.4 is 0 Å².